The van der Waals surface area contributed by atoms with Crippen LogP contribution in [0.2, 0.25) is 0 Å². The molecule has 0 amide bonds. The van der Waals surface area contributed by atoms with Gasteiger partial charge in [-0.3, -0.25) is 14.7 Å². The van der Waals surface area contributed by atoms with Gasteiger partial charge in [-0.2, -0.15) is 5.10 Å². The summed E-state index contributed by atoms with van der Waals surface area (Å²) in [4.78, 5) is 8.05. The second-order valence-electron chi connectivity index (χ2n) is 7.42. The molecule has 6 nitrogen and oxygen atoms in total. The summed E-state index contributed by atoms with van der Waals surface area (Å²) in [6, 6.07) is 2.62. The summed E-state index contributed by atoms with van der Waals surface area (Å²) in [5.74, 6) is 0.469. The Morgan fingerprint density at radius 2 is 2.30 bits per heavy atom. The Hall–Kier alpha value is -1.79. The van der Waals surface area contributed by atoms with Crippen LogP contribution >= 0.6 is 0 Å². The summed E-state index contributed by atoms with van der Waals surface area (Å²) >= 11 is 0. The molecule has 0 radical (unpaired) electrons. The lowest BCUT2D eigenvalue weighted by Crippen LogP contribution is -2.27. The predicted molar refractivity (Wildman–Crippen MR) is 113 cm³/mol. The quantitative estimate of drug-likeness (QED) is 0.570. The molecule has 0 saturated carbocycles. The van der Waals surface area contributed by atoms with Gasteiger partial charge in [-0.25, -0.2) is 0 Å². The molecule has 1 aliphatic rings. The molecular weight excluding hydrogens is 338 g/mol. The Morgan fingerprint density at radius 3 is 3.04 bits per heavy atom. The normalized spacial score (nSPS) is 18.4. The van der Waals surface area contributed by atoms with Crippen molar-refractivity contribution in [3.05, 3.63) is 29.7 Å². The molecule has 1 aromatic rings. The first-order valence-corrected chi connectivity index (χ1v) is 10.1. The van der Waals surface area contributed by atoms with E-state index in [1.165, 1.54) is 17.8 Å². The van der Waals surface area contributed by atoms with Gasteiger partial charge in [0, 0.05) is 24.7 Å². The van der Waals surface area contributed by atoms with Crippen molar-refractivity contribution in [1.82, 2.24) is 15.1 Å². The second-order valence-corrected chi connectivity index (χ2v) is 7.42. The van der Waals surface area contributed by atoms with Crippen molar-refractivity contribution < 1.29 is 4.74 Å². The lowest BCUT2D eigenvalue weighted by molar-refractivity contribution is 0.0167. The maximum Gasteiger partial charge on any atom is 0.0756 e. The number of fused-ring (bicyclic) bond motifs is 1. The zero-order chi connectivity index (χ0) is 19.5. The molecule has 2 unspecified atom stereocenters. The Morgan fingerprint density at radius 1 is 1.44 bits per heavy atom. The van der Waals surface area contributed by atoms with Gasteiger partial charge in [0.1, 0.15) is 0 Å². The van der Waals surface area contributed by atoms with Gasteiger partial charge in [0.25, 0.3) is 0 Å². The zero-order valence-electron chi connectivity index (χ0n) is 17.1. The summed E-state index contributed by atoms with van der Waals surface area (Å²) in [6.07, 6.45) is 10.8. The minimum Gasteiger partial charge on any atom is -0.376 e. The highest BCUT2D eigenvalue weighted by atomic mass is 16.5. The molecule has 2 rings (SSSR count). The average molecular weight is 374 g/mol. The van der Waals surface area contributed by atoms with Crippen LogP contribution in [0.25, 0.3) is 0 Å². The van der Waals surface area contributed by atoms with Gasteiger partial charge in [-0.1, -0.05) is 13.8 Å². The first kappa shape index (κ1) is 21.5. The van der Waals surface area contributed by atoms with Crippen LogP contribution in [0.3, 0.4) is 0 Å². The summed E-state index contributed by atoms with van der Waals surface area (Å²) < 4.78 is 8.54. The maximum absolute atomic E-state index is 6.32. The molecule has 0 aliphatic carbocycles. The maximum atomic E-state index is 6.32. The topological polar surface area (TPSA) is 63.8 Å². The largest absolute Gasteiger partial charge is 0.376 e. The fourth-order valence-corrected chi connectivity index (χ4v) is 3.35. The lowest BCUT2D eigenvalue weighted by Gasteiger charge is -2.27. The predicted octanol–water partition coefficient (Wildman–Crippen LogP) is 3.55. The molecule has 0 bridgehead atoms. The fourth-order valence-electron chi connectivity index (χ4n) is 3.35. The average Bonchev–Trinajstić information content (AvgIpc) is 3.11. The fraction of sp³-hybridized carbons (Fsp3) is 0.667. The van der Waals surface area contributed by atoms with Crippen LogP contribution in [0.1, 0.15) is 62.9 Å². The standard InChI is InChI=1S/C21H35N5O/c1-17(2)21-15-18-7-5-8-19(26(18)25-21)16-27-20(9-13-23-4)10-14-24-12-6-11-22-3/h6,11-12,15,17,19-20,23H,3,5,7-10,13-14,16H2,1-2,4H3/b11-6-,24-12-. The van der Waals surface area contributed by atoms with Crippen LogP contribution in [-0.2, 0) is 11.2 Å². The Bertz CT molecular complexity index is 620. The summed E-state index contributed by atoms with van der Waals surface area (Å²) in [7, 11) is 1.98. The number of rotatable bonds is 12. The van der Waals surface area contributed by atoms with E-state index < -0.39 is 0 Å². The van der Waals surface area contributed by atoms with E-state index in [0.717, 1.165) is 45.4 Å². The molecule has 0 spiro atoms. The van der Waals surface area contributed by atoms with E-state index in [1.807, 2.05) is 7.05 Å². The minimum absolute atomic E-state index is 0.210. The Balaban J connectivity index is 1.89. The summed E-state index contributed by atoms with van der Waals surface area (Å²) in [5, 5.41) is 8.07. The molecule has 150 valence electrons. The number of nitrogens with one attached hydrogen (secondary N) is 1. The van der Waals surface area contributed by atoms with Gasteiger partial charge in [0.2, 0.25) is 0 Å². The Labute approximate surface area is 163 Å². The van der Waals surface area contributed by atoms with Gasteiger partial charge in [0.05, 0.1) is 24.4 Å². The van der Waals surface area contributed by atoms with Gasteiger partial charge >= 0.3 is 0 Å². The van der Waals surface area contributed by atoms with Crippen molar-refractivity contribution in [2.75, 3.05) is 26.7 Å². The first-order valence-electron chi connectivity index (χ1n) is 10.1. The molecule has 1 aromatic heterocycles. The van der Waals surface area contributed by atoms with E-state index in [4.69, 9.17) is 9.84 Å². The number of aliphatic imine (C=N–C) groups is 2. The van der Waals surface area contributed by atoms with Crippen molar-refractivity contribution in [3.63, 3.8) is 0 Å². The smallest absolute Gasteiger partial charge is 0.0756 e. The van der Waals surface area contributed by atoms with Crippen LogP contribution < -0.4 is 5.32 Å². The molecule has 0 aromatic carbocycles. The number of ether oxygens (including phenoxy) is 1. The first-order chi connectivity index (χ1) is 13.2. The highest BCUT2D eigenvalue weighted by Crippen LogP contribution is 2.27. The van der Waals surface area contributed by atoms with Gasteiger partial charge in [-0.05, 0) is 70.5 Å². The Kier molecular flexibility index (Phi) is 9.42. The number of hydrogen-bond acceptors (Lipinski definition) is 5. The summed E-state index contributed by atoms with van der Waals surface area (Å²) in [6.45, 7) is 10.2. The van der Waals surface area contributed by atoms with E-state index in [0.29, 0.717) is 12.0 Å². The summed E-state index contributed by atoms with van der Waals surface area (Å²) in [5.41, 5.74) is 2.55. The monoisotopic (exact) mass is 373 g/mol. The second kappa shape index (κ2) is 11.8. The molecule has 2 heterocycles. The highest BCUT2D eigenvalue weighted by molar-refractivity contribution is 5.70. The van der Waals surface area contributed by atoms with E-state index in [2.05, 4.69) is 46.6 Å². The third kappa shape index (κ3) is 7.03. The van der Waals surface area contributed by atoms with Gasteiger partial charge in [-0.15, -0.1) is 0 Å². The van der Waals surface area contributed by atoms with Crippen molar-refractivity contribution in [1.29, 1.82) is 0 Å². The number of aromatic nitrogens is 2. The molecule has 2 atom stereocenters. The van der Waals surface area contributed by atoms with E-state index in [1.54, 1.807) is 18.5 Å². The number of hydrogen-bond donors (Lipinski definition) is 1. The van der Waals surface area contributed by atoms with E-state index in [9.17, 15) is 0 Å². The molecular formula is C21H35N5O. The van der Waals surface area contributed by atoms with E-state index in [-0.39, 0.29) is 6.10 Å². The molecule has 1 aliphatic heterocycles. The van der Waals surface area contributed by atoms with Crippen LogP contribution in [0.4, 0.5) is 0 Å². The van der Waals surface area contributed by atoms with Gasteiger partial charge in [0.15, 0.2) is 0 Å². The highest BCUT2D eigenvalue weighted by Gasteiger charge is 2.23. The van der Waals surface area contributed by atoms with Crippen molar-refractivity contribution in [2.45, 2.75) is 64.0 Å². The number of aryl methyl sites for hydroxylation is 1. The SMILES string of the molecule is C=N/C=C\C=N/CCC(CCNC)OCC1CCCc2cc(C(C)C)nn21. The third-order valence-electron chi connectivity index (χ3n) is 4.94. The molecule has 0 fully saturated rings. The third-order valence-corrected chi connectivity index (χ3v) is 4.94. The van der Waals surface area contributed by atoms with Crippen molar-refractivity contribution in [3.8, 4) is 0 Å². The molecule has 27 heavy (non-hydrogen) atoms. The van der Waals surface area contributed by atoms with Crippen LogP contribution in [-0.4, -0.2) is 55.6 Å². The minimum atomic E-state index is 0.210. The van der Waals surface area contributed by atoms with E-state index >= 15 is 0 Å². The molecule has 6 heteroatoms. The number of nitrogens with zero attached hydrogens (tertiary/aromatic N) is 4. The molecule has 1 N–H and O–H groups in total. The van der Waals surface area contributed by atoms with Crippen LogP contribution in [0, 0.1) is 0 Å². The lowest BCUT2D eigenvalue weighted by atomic mass is 10.0. The van der Waals surface area contributed by atoms with Crippen molar-refractivity contribution >= 4 is 12.9 Å². The van der Waals surface area contributed by atoms with Crippen molar-refractivity contribution in [2.24, 2.45) is 9.98 Å². The van der Waals surface area contributed by atoms with Crippen LogP contribution in [0.15, 0.2) is 28.3 Å². The zero-order valence-corrected chi connectivity index (χ0v) is 17.1. The van der Waals surface area contributed by atoms with Gasteiger partial charge < -0.3 is 10.1 Å². The van der Waals surface area contributed by atoms with Crippen LogP contribution in [0.5, 0.6) is 0 Å². The number of allylic oxidation sites excluding steroid dienone is 1. The molecule has 0 saturated heterocycles.